The predicted molar refractivity (Wildman–Crippen MR) is 113 cm³/mol. The van der Waals surface area contributed by atoms with Crippen molar-refractivity contribution in [1.82, 2.24) is 4.90 Å². The zero-order valence-electron chi connectivity index (χ0n) is 16.7. The lowest BCUT2D eigenvalue weighted by Gasteiger charge is -2.44. The van der Waals surface area contributed by atoms with Gasteiger partial charge in [0.2, 0.25) is 0 Å². The van der Waals surface area contributed by atoms with Crippen LogP contribution in [-0.2, 0) is 4.43 Å². The van der Waals surface area contributed by atoms with E-state index >= 15 is 0 Å². The highest BCUT2D eigenvalue weighted by Crippen LogP contribution is 2.39. The average molecular weight is 400 g/mol. The minimum absolute atomic E-state index is 0.166. The number of aliphatic hydroxyl groups excluding tert-OH is 1. The molecule has 5 nitrogen and oxygen atoms in total. The highest BCUT2D eigenvalue weighted by molar-refractivity contribution is 6.99. The summed E-state index contributed by atoms with van der Waals surface area (Å²) < 4.78 is 6.97. The summed E-state index contributed by atoms with van der Waals surface area (Å²) in [6.45, 7) is 6.70. The first kappa shape index (κ1) is 20.6. The number of nitrogens with zero attached hydrogens (tertiary/aromatic N) is 1. The summed E-state index contributed by atoms with van der Waals surface area (Å²) in [4.78, 5) is 12.9. The first-order valence-corrected chi connectivity index (χ1v) is 11.6. The van der Waals surface area contributed by atoms with E-state index in [0.717, 1.165) is 0 Å². The molecular formula is C22H29NO4Si. The van der Waals surface area contributed by atoms with Crippen LogP contribution in [0.1, 0.15) is 27.2 Å². The van der Waals surface area contributed by atoms with Crippen LogP contribution in [0.2, 0.25) is 5.04 Å². The van der Waals surface area contributed by atoms with Crippen molar-refractivity contribution in [2.75, 3.05) is 13.2 Å². The molecule has 28 heavy (non-hydrogen) atoms. The number of likely N-dealkylation sites (tertiary alicyclic amines) is 1. The molecule has 2 aromatic carbocycles. The monoisotopic (exact) mass is 399 g/mol. The van der Waals surface area contributed by atoms with Gasteiger partial charge in [0.05, 0.1) is 18.8 Å². The van der Waals surface area contributed by atoms with Gasteiger partial charge in [-0.05, 0) is 21.8 Å². The first-order valence-electron chi connectivity index (χ1n) is 9.69. The van der Waals surface area contributed by atoms with Crippen molar-refractivity contribution in [3.8, 4) is 0 Å². The number of rotatable bonds is 5. The Labute approximate surface area is 167 Å². The van der Waals surface area contributed by atoms with Gasteiger partial charge in [-0.25, -0.2) is 4.79 Å². The SMILES string of the molecule is CC(C)(C)[Si](O[C@H]1C[C@H](CO)N(C(=O)O)C1)(c1ccccc1)c1ccccc1. The molecule has 0 bridgehead atoms. The number of amides is 1. The lowest BCUT2D eigenvalue weighted by Crippen LogP contribution is -2.67. The maximum atomic E-state index is 11.6. The van der Waals surface area contributed by atoms with E-state index in [1.165, 1.54) is 15.3 Å². The second kappa shape index (κ2) is 8.07. The Bertz CT molecular complexity index is 752. The third-order valence-corrected chi connectivity index (χ3v) is 10.7. The van der Waals surface area contributed by atoms with Gasteiger partial charge in [0, 0.05) is 6.54 Å². The molecule has 1 amide bonds. The van der Waals surface area contributed by atoms with Crippen LogP contribution in [0.25, 0.3) is 0 Å². The molecule has 0 spiro atoms. The lowest BCUT2D eigenvalue weighted by molar-refractivity contribution is 0.116. The number of carbonyl (C=O) groups is 1. The minimum atomic E-state index is -2.72. The minimum Gasteiger partial charge on any atom is -0.465 e. The van der Waals surface area contributed by atoms with Gasteiger partial charge in [-0.1, -0.05) is 81.4 Å². The van der Waals surface area contributed by atoms with E-state index in [1.54, 1.807) is 0 Å². The van der Waals surface area contributed by atoms with Crippen molar-refractivity contribution in [3.63, 3.8) is 0 Å². The Morgan fingerprint density at radius 1 is 1.07 bits per heavy atom. The van der Waals surface area contributed by atoms with Crippen molar-refractivity contribution in [1.29, 1.82) is 0 Å². The van der Waals surface area contributed by atoms with Crippen molar-refractivity contribution in [2.45, 2.75) is 44.4 Å². The van der Waals surface area contributed by atoms with E-state index in [0.29, 0.717) is 6.42 Å². The molecule has 1 fully saturated rings. The molecule has 1 heterocycles. The Morgan fingerprint density at radius 3 is 1.93 bits per heavy atom. The number of hydrogen-bond donors (Lipinski definition) is 2. The van der Waals surface area contributed by atoms with Gasteiger partial charge in [-0.2, -0.15) is 0 Å². The zero-order chi connectivity index (χ0) is 20.4. The lowest BCUT2D eigenvalue weighted by atomic mass is 10.2. The van der Waals surface area contributed by atoms with E-state index in [1.807, 2.05) is 36.4 Å². The Hall–Kier alpha value is -2.15. The van der Waals surface area contributed by atoms with Crippen molar-refractivity contribution >= 4 is 24.8 Å². The second-order valence-electron chi connectivity index (χ2n) is 8.41. The highest BCUT2D eigenvalue weighted by Gasteiger charge is 2.52. The molecule has 3 rings (SSSR count). The third kappa shape index (κ3) is 3.72. The maximum Gasteiger partial charge on any atom is 0.407 e. The first-order chi connectivity index (χ1) is 13.3. The molecule has 0 aliphatic carbocycles. The summed E-state index contributed by atoms with van der Waals surface area (Å²) in [6.07, 6.45) is -0.750. The van der Waals surface area contributed by atoms with Crippen molar-refractivity contribution < 1.29 is 19.4 Å². The van der Waals surface area contributed by atoms with Crippen molar-refractivity contribution in [2.24, 2.45) is 0 Å². The molecule has 2 aromatic rings. The van der Waals surface area contributed by atoms with E-state index in [4.69, 9.17) is 4.43 Å². The predicted octanol–water partition coefficient (Wildman–Crippen LogP) is 2.68. The van der Waals surface area contributed by atoms with Crippen LogP contribution in [0.5, 0.6) is 0 Å². The number of benzene rings is 2. The fraction of sp³-hybridized carbons (Fsp3) is 0.409. The summed E-state index contributed by atoms with van der Waals surface area (Å²) in [7, 11) is -2.72. The van der Waals surface area contributed by atoms with Crippen LogP contribution < -0.4 is 10.4 Å². The fourth-order valence-electron chi connectivity index (χ4n) is 4.31. The quantitative estimate of drug-likeness (QED) is 0.759. The van der Waals surface area contributed by atoms with Gasteiger partial charge < -0.3 is 19.5 Å². The van der Waals surface area contributed by atoms with E-state index in [-0.39, 0.29) is 24.3 Å². The van der Waals surface area contributed by atoms with E-state index in [2.05, 4.69) is 45.0 Å². The standard InChI is InChI=1S/C22H29NO4Si/c1-22(2,3)28(19-10-6-4-7-11-19,20-12-8-5-9-13-20)27-18-14-17(16-24)23(15-18)21(25)26/h4-13,17-18,24H,14-16H2,1-3H3,(H,25,26)/t17-,18+/m1/s1. The van der Waals surface area contributed by atoms with Crippen LogP contribution >= 0.6 is 0 Å². The normalized spacial score (nSPS) is 20.4. The molecule has 0 saturated carbocycles. The summed E-state index contributed by atoms with van der Waals surface area (Å²) in [5, 5.41) is 21.3. The van der Waals surface area contributed by atoms with Gasteiger partial charge >= 0.3 is 6.09 Å². The van der Waals surface area contributed by atoms with Gasteiger partial charge in [-0.15, -0.1) is 0 Å². The average Bonchev–Trinajstić information content (AvgIpc) is 3.10. The van der Waals surface area contributed by atoms with Gasteiger partial charge in [0.25, 0.3) is 8.32 Å². The fourth-order valence-corrected chi connectivity index (χ4v) is 8.99. The molecule has 6 heteroatoms. The topological polar surface area (TPSA) is 70.0 Å². The van der Waals surface area contributed by atoms with Gasteiger partial charge in [0.1, 0.15) is 0 Å². The highest BCUT2D eigenvalue weighted by atomic mass is 28.4. The number of carboxylic acid groups (broad SMARTS) is 1. The van der Waals surface area contributed by atoms with Crippen LogP contribution in [0, 0.1) is 0 Å². The van der Waals surface area contributed by atoms with Gasteiger partial charge in [0.15, 0.2) is 0 Å². The van der Waals surface area contributed by atoms with Crippen molar-refractivity contribution in [3.05, 3.63) is 60.7 Å². The Kier molecular flexibility index (Phi) is 5.93. The molecule has 0 unspecified atom stereocenters. The zero-order valence-corrected chi connectivity index (χ0v) is 17.7. The molecule has 2 N–H and O–H groups in total. The largest absolute Gasteiger partial charge is 0.465 e. The second-order valence-corrected chi connectivity index (χ2v) is 12.7. The van der Waals surface area contributed by atoms with E-state index < -0.39 is 20.5 Å². The molecule has 1 aliphatic heterocycles. The summed E-state index contributed by atoms with van der Waals surface area (Å²) in [5.41, 5.74) is 0. The number of hydrogen-bond acceptors (Lipinski definition) is 3. The van der Waals surface area contributed by atoms with Crippen LogP contribution in [-0.4, -0.2) is 54.8 Å². The smallest absolute Gasteiger partial charge is 0.407 e. The third-order valence-electron chi connectivity index (χ3n) is 5.59. The molecule has 0 radical (unpaired) electrons. The molecule has 2 atom stereocenters. The Balaban J connectivity index is 2.08. The van der Waals surface area contributed by atoms with Crippen LogP contribution in [0.3, 0.4) is 0 Å². The van der Waals surface area contributed by atoms with E-state index in [9.17, 15) is 15.0 Å². The maximum absolute atomic E-state index is 11.6. The summed E-state index contributed by atoms with van der Waals surface area (Å²) in [6, 6.07) is 20.2. The molecule has 0 aromatic heterocycles. The molecule has 1 saturated heterocycles. The molecule has 150 valence electrons. The van der Waals surface area contributed by atoms with Crippen LogP contribution in [0.4, 0.5) is 4.79 Å². The Morgan fingerprint density at radius 2 is 1.57 bits per heavy atom. The van der Waals surface area contributed by atoms with Crippen LogP contribution in [0.15, 0.2) is 60.7 Å². The molecule has 1 aliphatic rings. The molecular weight excluding hydrogens is 370 g/mol. The number of aliphatic hydroxyl groups is 1. The summed E-state index contributed by atoms with van der Waals surface area (Å²) >= 11 is 0. The van der Waals surface area contributed by atoms with Gasteiger partial charge in [-0.3, -0.25) is 0 Å². The summed E-state index contributed by atoms with van der Waals surface area (Å²) in [5.74, 6) is 0.